The third-order valence-corrected chi connectivity index (χ3v) is 4.10. The van der Waals surface area contributed by atoms with Gasteiger partial charge in [-0.1, -0.05) is 20.8 Å². The van der Waals surface area contributed by atoms with Gasteiger partial charge in [0.1, 0.15) is 0 Å². The maximum absolute atomic E-state index is 12.3. The Balaban J connectivity index is 2.11. The highest BCUT2D eigenvalue weighted by Crippen LogP contribution is 2.20. The van der Waals surface area contributed by atoms with Crippen LogP contribution in [0.2, 0.25) is 0 Å². The normalized spacial score (nSPS) is 12.7. The van der Waals surface area contributed by atoms with Crippen LogP contribution >= 0.6 is 11.3 Å². The summed E-state index contributed by atoms with van der Waals surface area (Å²) in [6.45, 7) is 6.18. The third-order valence-electron chi connectivity index (χ3n) is 3.24. The van der Waals surface area contributed by atoms with Crippen molar-refractivity contribution in [1.82, 2.24) is 20.1 Å². The second kappa shape index (κ2) is 6.17. The van der Waals surface area contributed by atoms with Crippen molar-refractivity contribution < 1.29 is 4.79 Å². The molecule has 1 atom stereocenters. The zero-order valence-electron chi connectivity index (χ0n) is 12.3. The maximum Gasteiger partial charge on any atom is 0.280 e. The van der Waals surface area contributed by atoms with Gasteiger partial charge in [0, 0.05) is 18.6 Å². The van der Waals surface area contributed by atoms with Crippen molar-refractivity contribution in [3.05, 3.63) is 34.0 Å². The molecule has 0 radical (unpaired) electrons. The monoisotopic (exact) mass is 292 g/mol. The Kier molecular flexibility index (Phi) is 4.54. The molecule has 0 aliphatic carbocycles. The van der Waals surface area contributed by atoms with Crippen LogP contribution in [0.5, 0.6) is 0 Å². The van der Waals surface area contributed by atoms with Crippen LogP contribution in [0.25, 0.3) is 0 Å². The molecule has 0 saturated heterocycles. The van der Waals surface area contributed by atoms with Crippen LogP contribution in [0.15, 0.2) is 17.6 Å². The summed E-state index contributed by atoms with van der Waals surface area (Å²) in [6.07, 6.45) is 2.55. The Bertz CT molecular complexity index is 588. The molecule has 2 aromatic heterocycles. The first-order valence-electron chi connectivity index (χ1n) is 6.77. The predicted molar refractivity (Wildman–Crippen MR) is 79.9 cm³/mol. The zero-order valence-corrected chi connectivity index (χ0v) is 13.1. The number of carbonyl (C=O) groups excluding carboxylic acids is 1. The Hall–Kier alpha value is -1.69. The number of aromatic nitrogens is 3. The number of hydrogen-bond donors (Lipinski definition) is 1. The summed E-state index contributed by atoms with van der Waals surface area (Å²) in [5.74, 6) is 0.224. The fraction of sp³-hybridized carbons (Fsp3) is 0.500. The fourth-order valence-electron chi connectivity index (χ4n) is 1.99. The van der Waals surface area contributed by atoms with Crippen LogP contribution in [0, 0.1) is 0 Å². The maximum atomic E-state index is 12.3. The number of aryl methyl sites for hydroxylation is 1. The minimum absolute atomic E-state index is 0.0404. The fourth-order valence-corrected chi connectivity index (χ4v) is 2.87. The highest BCUT2D eigenvalue weighted by atomic mass is 32.1. The second-order valence-electron chi connectivity index (χ2n) is 5.05. The van der Waals surface area contributed by atoms with Gasteiger partial charge in [0.2, 0.25) is 0 Å². The van der Waals surface area contributed by atoms with Crippen molar-refractivity contribution in [2.24, 2.45) is 7.05 Å². The summed E-state index contributed by atoms with van der Waals surface area (Å²) in [5.41, 5.74) is 1.97. The molecular formula is C14H20N4OS. The molecule has 1 amide bonds. The minimum atomic E-state index is -0.116. The summed E-state index contributed by atoms with van der Waals surface area (Å²) in [5, 5.41) is 9.64. The summed E-state index contributed by atoms with van der Waals surface area (Å²) in [6, 6.07) is 1.89. The molecule has 0 aliphatic heterocycles. The first-order chi connectivity index (χ1) is 9.52. The van der Waals surface area contributed by atoms with E-state index in [0.717, 1.165) is 17.8 Å². The van der Waals surface area contributed by atoms with E-state index in [2.05, 4.69) is 29.2 Å². The molecule has 2 aromatic rings. The van der Waals surface area contributed by atoms with Crippen molar-refractivity contribution in [3.63, 3.8) is 0 Å². The van der Waals surface area contributed by atoms with E-state index >= 15 is 0 Å². The topological polar surface area (TPSA) is 59.8 Å². The molecule has 0 aromatic carbocycles. The van der Waals surface area contributed by atoms with Crippen molar-refractivity contribution in [1.29, 1.82) is 0 Å². The Morgan fingerprint density at radius 1 is 1.50 bits per heavy atom. The number of nitrogens with zero attached hydrogens (tertiary/aromatic N) is 3. The summed E-state index contributed by atoms with van der Waals surface area (Å²) in [4.78, 5) is 16.6. The van der Waals surface area contributed by atoms with E-state index < -0.39 is 0 Å². The van der Waals surface area contributed by atoms with E-state index in [0.29, 0.717) is 10.9 Å². The van der Waals surface area contributed by atoms with Gasteiger partial charge in [-0.15, -0.1) is 11.3 Å². The van der Waals surface area contributed by atoms with Crippen LogP contribution in [-0.4, -0.2) is 20.7 Å². The number of amides is 1. The van der Waals surface area contributed by atoms with Gasteiger partial charge in [-0.25, -0.2) is 4.98 Å². The van der Waals surface area contributed by atoms with E-state index in [9.17, 15) is 4.79 Å². The highest BCUT2D eigenvalue weighted by molar-refractivity contribution is 7.11. The van der Waals surface area contributed by atoms with E-state index in [1.165, 1.54) is 11.3 Å². The number of nitrogens with one attached hydrogen (secondary N) is 1. The molecular weight excluding hydrogens is 272 g/mol. The van der Waals surface area contributed by atoms with Crippen molar-refractivity contribution in [2.45, 2.75) is 39.2 Å². The minimum Gasteiger partial charge on any atom is -0.342 e. The Morgan fingerprint density at radius 2 is 2.25 bits per heavy atom. The molecule has 0 aliphatic rings. The summed E-state index contributed by atoms with van der Waals surface area (Å²) < 4.78 is 1.79. The molecule has 0 unspecified atom stereocenters. The molecule has 0 saturated carbocycles. The van der Waals surface area contributed by atoms with E-state index in [4.69, 9.17) is 0 Å². The average molecular weight is 292 g/mol. The molecule has 6 heteroatoms. The predicted octanol–water partition coefficient (Wildman–Crippen LogP) is 2.88. The Morgan fingerprint density at radius 3 is 2.75 bits per heavy atom. The van der Waals surface area contributed by atoms with E-state index in [1.807, 2.05) is 25.4 Å². The molecule has 2 heterocycles. The lowest BCUT2D eigenvalue weighted by Crippen LogP contribution is -2.29. The van der Waals surface area contributed by atoms with Crippen LogP contribution in [0.4, 0.5) is 0 Å². The number of rotatable bonds is 5. The molecule has 20 heavy (non-hydrogen) atoms. The Labute approximate surface area is 123 Å². The lowest BCUT2D eigenvalue weighted by molar-refractivity contribution is 0.0933. The van der Waals surface area contributed by atoms with Crippen LogP contribution in [0.3, 0.4) is 0 Å². The first-order valence-corrected chi connectivity index (χ1v) is 7.65. The van der Waals surface area contributed by atoms with Crippen molar-refractivity contribution in [3.8, 4) is 0 Å². The molecule has 0 bridgehead atoms. The van der Waals surface area contributed by atoms with Gasteiger partial charge in [-0.3, -0.25) is 9.48 Å². The quantitative estimate of drug-likeness (QED) is 0.921. The number of thiazole rings is 1. The molecule has 2 rings (SSSR count). The van der Waals surface area contributed by atoms with Crippen LogP contribution in [0.1, 0.15) is 60.3 Å². The van der Waals surface area contributed by atoms with E-state index in [1.54, 1.807) is 10.9 Å². The molecule has 1 N–H and O–H groups in total. The largest absolute Gasteiger partial charge is 0.342 e. The first kappa shape index (κ1) is 14.7. The second-order valence-corrected chi connectivity index (χ2v) is 5.90. The average Bonchev–Trinajstić information content (AvgIpc) is 3.04. The smallest absolute Gasteiger partial charge is 0.280 e. The number of hydrogen-bond acceptors (Lipinski definition) is 4. The van der Waals surface area contributed by atoms with Crippen molar-refractivity contribution in [2.75, 3.05) is 0 Å². The van der Waals surface area contributed by atoms with Gasteiger partial charge in [0.25, 0.3) is 5.91 Å². The van der Waals surface area contributed by atoms with Crippen LogP contribution < -0.4 is 5.32 Å². The molecule has 5 nitrogen and oxygen atoms in total. The molecule has 0 fully saturated rings. The van der Waals surface area contributed by atoms with Gasteiger partial charge in [0.15, 0.2) is 5.01 Å². The third kappa shape index (κ3) is 3.07. The molecule has 0 spiro atoms. The van der Waals surface area contributed by atoms with Gasteiger partial charge < -0.3 is 5.32 Å². The molecule has 108 valence electrons. The van der Waals surface area contributed by atoms with Gasteiger partial charge in [-0.05, 0) is 18.4 Å². The van der Waals surface area contributed by atoms with E-state index in [-0.39, 0.29) is 11.9 Å². The SMILES string of the molecule is CC[C@@H](NC(=O)c1nc(C(C)C)cs1)c1ccnn1C. The zero-order chi connectivity index (χ0) is 14.7. The lowest BCUT2D eigenvalue weighted by Gasteiger charge is -2.16. The highest BCUT2D eigenvalue weighted by Gasteiger charge is 2.19. The summed E-state index contributed by atoms with van der Waals surface area (Å²) in [7, 11) is 1.88. The van der Waals surface area contributed by atoms with Gasteiger partial charge >= 0.3 is 0 Å². The van der Waals surface area contributed by atoms with Gasteiger partial charge in [0.05, 0.1) is 17.4 Å². The van der Waals surface area contributed by atoms with Crippen LogP contribution in [-0.2, 0) is 7.05 Å². The van der Waals surface area contributed by atoms with Gasteiger partial charge in [-0.2, -0.15) is 5.10 Å². The summed E-state index contributed by atoms with van der Waals surface area (Å²) >= 11 is 1.39. The number of carbonyl (C=O) groups is 1. The standard InChI is InChI=1S/C14H20N4OS/c1-5-10(12-6-7-15-18(12)4)16-13(19)14-17-11(8-20-14)9(2)3/h6-10H,5H2,1-4H3,(H,16,19)/t10-/m1/s1. The van der Waals surface area contributed by atoms with Crippen molar-refractivity contribution >= 4 is 17.2 Å². The lowest BCUT2D eigenvalue weighted by atomic mass is 10.1.